The smallest absolute Gasteiger partial charge is 0.123 e. The highest BCUT2D eigenvalue weighted by molar-refractivity contribution is 5.76. The molecule has 0 bridgehead atoms. The lowest BCUT2D eigenvalue weighted by atomic mass is 10.1. The summed E-state index contributed by atoms with van der Waals surface area (Å²) in [6.07, 6.45) is 1.86. The lowest BCUT2D eigenvalue weighted by molar-refractivity contribution is -0.0329. The topological polar surface area (TPSA) is 30.3 Å². The van der Waals surface area contributed by atoms with Crippen molar-refractivity contribution in [1.82, 2.24) is 14.5 Å². The van der Waals surface area contributed by atoms with Gasteiger partial charge in [0.1, 0.15) is 5.82 Å². The molecule has 25 heavy (non-hydrogen) atoms. The molecule has 1 unspecified atom stereocenters. The molecule has 4 rings (SSSR count). The molecule has 5 heteroatoms. The van der Waals surface area contributed by atoms with E-state index in [1.54, 1.807) is 12.1 Å². The predicted octanol–water partition coefficient (Wildman–Crippen LogP) is 3.59. The summed E-state index contributed by atoms with van der Waals surface area (Å²) in [5.74, 6) is -0.165. The Morgan fingerprint density at radius 1 is 1.24 bits per heavy atom. The predicted molar refractivity (Wildman–Crippen MR) is 95.8 cm³/mol. The Morgan fingerprint density at radius 2 is 2.12 bits per heavy atom. The van der Waals surface area contributed by atoms with Crippen LogP contribution < -0.4 is 0 Å². The highest BCUT2D eigenvalue weighted by Gasteiger charge is 2.22. The zero-order chi connectivity index (χ0) is 17.4. The molecule has 0 radical (unpaired) electrons. The summed E-state index contributed by atoms with van der Waals surface area (Å²) in [5.41, 5.74) is 5.24. The van der Waals surface area contributed by atoms with Crippen LogP contribution in [0.3, 0.4) is 0 Å². The highest BCUT2D eigenvalue weighted by Crippen LogP contribution is 2.26. The number of imidazole rings is 1. The van der Waals surface area contributed by atoms with Crippen LogP contribution in [0.2, 0.25) is 0 Å². The van der Waals surface area contributed by atoms with Crippen LogP contribution in [0.5, 0.6) is 0 Å². The molecule has 4 nitrogen and oxygen atoms in total. The summed E-state index contributed by atoms with van der Waals surface area (Å²) in [6, 6.07) is 11.5. The molecule has 1 atom stereocenters. The Morgan fingerprint density at radius 3 is 2.96 bits per heavy atom. The third kappa shape index (κ3) is 3.43. The molecular formula is C20H22FN3O. The molecule has 0 amide bonds. The number of rotatable bonds is 3. The summed E-state index contributed by atoms with van der Waals surface area (Å²) in [7, 11) is 2.00. The Kier molecular flexibility index (Phi) is 4.27. The van der Waals surface area contributed by atoms with Gasteiger partial charge in [0.05, 0.1) is 30.1 Å². The second-order valence-electron chi connectivity index (χ2n) is 6.84. The number of aromatic nitrogens is 2. The molecule has 0 N–H and O–H groups in total. The molecule has 0 aliphatic carbocycles. The third-order valence-corrected chi connectivity index (χ3v) is 4.78. The van der Waals surface area contributed by atoms with Gasteiger partial charge in [0.15, 0.2) is 0 Å². The van der Waals surface area contributed by atoms with Crippen molar-refractivity contribution in [2.75, 3.05) is 19.7 Å². The molecule has 3 aromatic rings. The van der Waals surface area contributed by atoms with Crippen molar-refractivity contribution < 1.29 is 9.13 Å². The van der Waals surface area contributed by atoms with Gasteiger partial charge in [0.25, 0.3) is 0 Å². The van der Waals surface area contributed by atoms with Gasteiger partial charge in [0, 0.05) is 26.7 Å². The maximum absolute atomic E-state index is 13.6. The van der Waals surface area contributed by atoms with E-state index in [1.165, 1.54) is 0 Å². The van der Waals surface area contributed by atoms with Gasteiger partial charge in [-0.2, -0.15) is 0 Å². The first kappa shape index (κ1) is 16.2. The quantitative estimate of drug-likeness (QED) is 0.730. The largest absolute Gasteiger partial charge is 0.371 e. The maximum atomic E-state index is 13.6. The van der Waals surface area contributed by atoms with Gasteiger partial charge in [-0.3, -0.25) is 4.90 Å². The number of halogens is 1. The average molecular weight is 339 g/mol. The summed E-state index contributed by atoms with van der Waals surface area (Å²) in [5, 5.41) is 0. The standard InChI is InChI=1S/C20H22FN3O/c1-14-7-15(9-17(21)8-14)11-24-5-6-25-20(12-24)16-3-4-18-19(10-16)23(2)13-22-18/h3-4,7-10,13,20H,5-6,11-12H2,1-2H3. The molecule has 0 spiro atoms. The van der Waals surface area contributed by atoms with Gasteiger partial charge in [-0.05, 0) is 47.9 Å². The first-order chi connectivity index (χ1) is 12.1. The fourth-order valence-corrected chi connectivity index (χ4v) is 3.55. The van der Waals surface area contributed by atoms with E-state index in [0.29, 0.717) is 6.61 Å². The van der Waals surface area contributed by atoms with E-state index in [2.05, 4.69) is 28.1 Å². The third-order valence-electron chi connectivity index (χ3n) is 4.78. The Balaban J connectivity index is 1.52. The molecule has 2 aromatic carbocycles. The molecule has 1 saturated heterocycles. The molecule has 1 aliphatic heterocycles. The van der Waals surface area contributed by atoms with Crippen LogP contribution in [0.4, 0.5) is 4.39 Å². The first-order valence-corrected chi connectivity index (χ1v) is 8.59. The lowest BCUT2D eigenvalue weighted by Crippen LogP contribution is -2.37. The van der Waals surface area contributed by atoms with Gasteiger partial charge in [0.2, 0.25) is 0 Å². The summed E-state index contributed by atoms with van der Waals surface area (Å²) in [4.78, 5) is 6.70. The number of aryl methyl sites for hydroxylation is 2. The minimum Gasteiger partial charge on any atom is -0.371 e. The lowest BCUT2D eigenvalue weighted by Gasteiger charge is -2.33. The number of fused-ring (bicyclic) bond motifs is 1. The molecular weight excluding hydrogens is 317 g/mol. The average Bonchev–Trinajstić information content (AvgIpc) is 2.95. The van der Waals surface area contributed by atoms with Crippen molar-refractivity contribution in [2.45, 2.75) is 19.6 Å². The van der Waals surface area contributed by atoms with Crippen molar-refractivity contribution in [3.05, 3.63) is 65.2 Å². The van der Waals surface area contributed by atoms with E-state index in [-0.39, 0.29) is 11.9 Å². The van der Waals surface area contributed by atoms with Crippen LogP contribution in [0.15, 0.2) is 42.7 Å². The van der Waals surface area contributed by atoms with Crippen LogP contribution in [0.25, 0.3) is 11.0 Å². The Labute approximate surface area is 146 Å². The van der Waals surface area contributed by atoms with Crippen molar-refractivity contribution >= 4 is 11.0 Å². The number of hydrogen-bond acceptors (Lipinski definition) is 3. The van der Waals surface area contributed by atoms with Gasteiger partial charge >= 0.3 is 0 Å². The monoisotopic (exact) mass is 339 g/mol. The van der Waals surface area contributed by atoms with Crippen molar-refractivity contribution in [2.24, 2.45) is 7.05 Å². The second kappa shape index (κ2) is 6.58. The number of hydrogen-bond donors (Lipinski definition) is 0. The van der Waals surface area contributed by atoms with E-state index in [4.69, 9.17) is 4.74 Å². The van der Waals surface area contributed by atoms with Gasteiger partial charge < -0.3 is 9.30 Å². The summed E-state index contributed by atoms with van der Waals surface area (Å²) in [6.45, 7) is 5.02. The van der Waals surface area contributed by atoms with E-state index >= 15 is 0 Å². The molecule has 1 aromatic heterocycles. The highest BCUT2D eigenvalue weighted by atomic mass is 19.1. The number of ether oxygens (including phenoxy) is 1. The van der Waals surface area contributed by atoms with Crippen LogP contribution in [-0.4, -0.2) is 34.1 Å². The number of benzene rings is 2. The zero-order valence-corrected chi connectivity index (χ0v) is 14.6. The summed E-state index contributed by atoms with van der Waals surface area (Å²) < 4.78 is 21.7. The van der Waals surface area contributed by atoms with Gasteiger partial charge in [-0.25, -0.2) is 9.37 Å². The molecule has 1 aliphatic rings. The molecule has 1 fully saturated rings. The zero-order valence-electron chi connectivity index (χ0n) is 14.6. The van der Waals surface area contributed by atoms with E-state index < -0.39 is 0 Å². The van der Waals surface area contributed by atoms with Crippen molar-refractivity contribution in [3.63, 3.8) is 0 Å². The fourth-order valence-electron chi connectivity index (χ4n) is 3.55. The fraction of sp³-hybridized carbons (Fsp3) is 0.350. The van der Waals surface area contributed by atoms with Crippen LogP contribution in [-0.2, 0) is 18.3 Å². The molecule has 2 heterocycles. The van der Waals surface area contributed by atoms with Gasteiger partial charge in [-0.1, -0.05) is 12.1 Å². The summed E-state index contributed by atoms with van der Waals surface area (Å²) >= 11 is 0. The Hall–Kier alpha value is -2.24. The van der Waals surface area contributed by atoms with Crippen LogP contribution in [0, 0.1) is 12.7 Å². The molecule has 0 saturated carbocycles. The van der Waals surface area contributed by atoms with Crippen molar-refractivity contribution in [3.8, 4) is 0 Å². The van der Waals surface area contributed by atoms with Crippen LogP contribution in [0.1, 0.15) is 22.8 Å². The van der Waals surface area contributed by atoms with Gasteiger partial charge in [-0.15, -0.1) is 0 Å². The minimum atomic E-state index is -0.165. The van der Waals surface area contributed by atoms with Crippen molar-refractivity contribution in [1.29, 1.82) is 0 Å². The number of morpholine rings is 1. The normalized spacial score (nSPS) is 18.8. The second-order valence-corrected chi connectivity index (χ2v) is 6.84. The first-order valence-electron chi connectivity index (χ1n) is 8.59. The van der Waals surface area contributed by atoms with E-state index in [0.717, 1.165) is 47.4 Å². The number of nitrogens with zero attached hydrogens (tertiary/aromatic N) is 3. The van der Waals surface area contributed by atoms with Crippen LogP contribution >= 0.6 is 0 Å². The Bertz CT molecular complexity index is 885. The minimum absolute atomic E-state index is 0.0303. The van der Waals surface area contributed by atoms with E-state index in [9.17, 15) is 4.39 Å². The van der Waals surface area contributed by atoms with E-state index in [1.807, 2.05) is 30.9 Å². The maximum Gasteiger partial charge on any atom is 0.123 e. The molecule has 130 valence electrons. The SMILES string of the molecule is Cc1cc(F)cc(CN2CCOC(c3ccc4ncn(C)c4c3)C2)c1.